The van der Waals surface area contributed by atoms with Crippen LogP contribution in [0.25, 0.3) is 5.76 Å². The largest absolute Gasteiger partial charge is 0.507 e. The number of hydrogen-bond donors (Lipinski definition) is 1. The minimum atomic E-state index is -1.35. The lowest BCUT2D eigenvalue weighted by molar-refractivity contribution is -0.132. The summed E-state index contributed by atoms with van der Waals surface area (Å²) in [4.78, 5) is 27.7. The number of hydrogen-bond acceptors (Lipinski definition) is 7. The molecule has 1 unspecified atom stereocenters. The number of ketones is 1. The minimum Gasteiger partial charge on any atom is -0.507 e. The summed E-state index contributed by atoms with van der Waals surface area (Å²) >= 11 is 6.28. The smallest absolute Gasteiger partial charge is 0.300 e. The molecule has 0 spiro atoms. The highest BCUT2D eigenvalue weighted by Crippen LogP contribution is 2.46. The third kappa shape index (κ3) is 4.95. The van der Waals surface area contributed by atoms with Crippen molar-refractivity contribution in [3.8, 4) is 23.0 Å². The molecule has 1 amide bonds. The fourth-order valence-electron chi connectivity index (χ4n) is 4.39. The van der Waals surface area contributed by atoms with Crippen LogP contribution < -0.4 is 23.8 Å². The molecule has 204 valence electrons. The third-order valence-corrected chi connectivity index (χ3v) is 6.44. The molecule has 3 aromatic rings. The van der Waals surface area contributed by atoms with Gasteiger partial charge < -0.3 is 24.1 Å². The van der Waals surface area contributed by atoms with Crippen molar-refractivity contribution < 1.29 is 42.4 Å². The number of rotatable bonds is 8. The molecular weight excluding hydrogens is 536 g/mol. The highest BCUT2D eigenvalue weighted by molar-refractivity contribution is 6.51. The molecule has 1 aliphatic rings. The van der Waals surface area contributed by atoms with Gasteiger partial charge in [0.25, 0.3) is 11.7 Å². The number of carbonyl (C=O) groups excluding carboxylic acids is 2. The maximum Gasteiger partial charge on any atom is 0.300 e. The van der Waals surface area contributed by atoms with E-state index in [9.17, 15) is 23.5 Å². The van der Waals surface area contributed by atoms with Crippen LogP contribution in [-0.4, -0.2) is 44.7 Å². The zero-order valence-electron chi connectivity index (χ0n) is 21.4. The Morgan fingerprint density at radius 1 is 0.923 bits per heavy atom. The number of ether oxygens (including phenoxy) is 4. The van der Waals surface area contributed by atoms with Gasteiger partial charge in [-0.2, -0.15) is 0 Å². The van der Waals surface area contributed by atoms with Gasteiger partial charge in [-0.25, -0.2) is 8.78 Å². The number of nitrogens with zero attached hydrogens (tertiary/aromatic N) is 1. The Morgan fingerprint density at radius 3 is 2.23 bits per heavy atom. The molecule has 1 aliphatic heterocycles. The molecule has 1 saturated heterocycles. The highest BCUT2D eigenvalue weighted by atomic mass is 35.5. The van der Waals surface area contributed by atoms with E-state index in [2.05, 4.69) is 0 Å². The molecule has 1 N–H and O–H groups in total. The molecule has 1 heterocycles. The Balaban J connectivity index is 2.03. The van der Waals surface area contributed by atoms with Gasteiger partial charge in [-0.15, -0.1) is 0 Å². The second-order valence-corrected chi connectivity index (χ2v) is 8.70. The highest BCUT2D eigenvalue weighted by Gasteiger charge is 2.48. The van der Waals surface area contributed by atoms with E-state index < -0.39 is 35.1 Å². The maximum atomic E-state index is 15.0. The van der Waals surface area contributed by atoms with Crippen LogP contribution in [0.15, 0.2) is 54.1 Å². The van der Waals surface area contributed by atoms with E-state index in [1.807, 2.05) is 0 Å². The zero-order valence-corrected chi connectivity index (χ0v) is 22.1. The number of methoxy groups -OCH3 is 3. The van der Waals surface area contributed by atoms with E-state index >= 15 is 0 Å². The van der Waals surface area contributed by atoms with E-state index in [0.29, 0.717) is 11.8 Å². The molecule has 4 rings (SSSR count). The molecule has 8 nitrogen and oxygen atoms in total. The molecular formula is C28H24ClF2NO7. The normalized spacial score (nSPS) is 16.4. The summed E-state index contributed by atoms with van der Waals surface area (Å²) in [5, 5.41) is 11.6. The summed E-state index contributed by atoms with van der Waals surface area (Å²) < 4.78 is 50.3. The monoisotopic (exact) mass is 559 g/mol. The van der Waals surface area contributed by atoms with Crippen LogP contribution in [0.1, 0.15) is 24.1 Å². The van der Waals surface area contributed by atoms with Gasteiger partial charge in [0.15, 0.2) is 11.5 Å². The van der Waals surface area contributed by atoms with Crippen molar-refractivity contribution in [1.82, 2.24) is 0 Å². The molecule has 39 heavy (non-hydrogen) atoms. The quantitative estimate of drug-likeness (QED) is 0.216. The third-order valence-electron chi connectivity index (χ3n) is 6.15. The first kappa shape index (κ1) is 27.7. The topological polar surface area (TPSA) is 94.5 Å². The molecule has 0 radical (unpaired) electrons. The number of carbonyl (C=O) groups is 2. The van der Waals surface area contributed by atoms with E-state index in [0.717, 1.165) is 17.0 Å². The summed E-state index contributed by atoms with van der Waals surface area (Å²) in [5.41, 5.74) is -0.473. The number of halogens is 3. The number of benzene rings is 3. The van der Waals surface area contributed by atoms with Crippen LogP contribution in [0, 0.1) is 11.6 Å². The predicted molar refractivity (Wildman–Crippen MR) is 140 cm³/mol. The second-order valence-electron chi connectivity index (χ2n) is 8.30. The van der Waals surface area contributed by atoms with Gasteiger partial charge >= 0.3 is 0 Å². The van der Waals surface area contributed by atoms with E-state index in [4.69, 9.17) is 30.5 Å². The first-order valence-corrected chi connectivity index (χ1v) is 12.0. The molecule has 3 aromatic carbocycles. The lowest BCUT2D eigenvalue weighted by atomic mass is 9.94. The van der Waals surface area contributed by atoms with E-state index in [1.54, 1.807) is 13.0 Å². The molecule has 1 fully saturated rings. The number of Topliss-reactive ketones (excluding diaryl/α,β-unsaturated/α-hetero) is 1. The van der Waals surface area contributed by atoms with Crippen molar-refractivity contribution in [3.63, 3.8) is 0 Å². The molecule has 0 aliphatic carbocycles. The van der Waals surface area contributed by atoms with Gasteiger partial charge in [-0.1, -0.05) is 17.7 Å². The van der Waals surface area contributed by atoms with Crippen molar-refractivity contribution in [3.05, 3.63) is 81.9 Å². The summed E-state index contributed by atoms with van der Waals surface area (Å²) in [5.74, 6) is -3.83. The molecule has 1 atom stereocenters. The van der Waals surface area contributed by atoms with Gasteiger partial charge in [0.2, 0.25) is 0 Å². The van der Waals surface area contributed by atoms with Crippen molar-refractivity contribution in [2.45, 2.75) is 13.0 Å². The minimum absolute atomic E-state index is 0.00979. The Labute approximate surface area is 227 Å². The number of anilines is 1. The second kappa shape index (κ2) is 11.2. The number of aliphatic hydroxyl groups excluding tert-OH is 1. The lowest BCUT2D eigenvalue weighted by Crippen LogP contribution is -2.30. The van der Waals surface area contributed by atoms with Crippen LogP contribution in [-0.2, 0) is 9.59 Å². The van der Waals surface area contributed by atoms with E-state index in [1.165, 1.54) is 45.6 Å². The van der Waals surface area contributed by atoms with Crippen LogP contribution in [0.5, 0.6) is 23.0 Å². The Morgan fingerprint density at radius 2 is 1.62 bits per heavy atom. The number of amides is 1. The fraction of sp³-hybridized carbons (Fsp3) is 0.214. The first-order chi connectivity index (χ1) is 18.7. The zero-order chi connectivity index (χ0) is 28.4. The summed E-state index contributed by atoms with van der Waals surface area (Å²) in [7, 11) is 4.17. The average Bonchev–Trinajstić information content (AvgIpc) is 3.18. The average molecular weight is 560 g/mol. The first-order valence-electron chi connectivity index (χ1n) is 11.6. The van der Waals surface area contributed by atoms with Crippen molar-refractivity contribution >= 4 is 34.7 Å². The standard InChI is InChI=1S/C28H24ClF2NO7/c1-5-39-23-10-14(6-9-20(23)36-2)25-24(26(33)16-12-17(29)22(38-4)13-21(16)37-3)27(34)28(35)32(25)19-8-7-15(30)11-18(19)31/h6-13,25,33H,5H2,1-4H3/b26-24+. The summed E-state index contributed by atoms with van der Waals surface area (Å²) in [6, 6.07) is 8.57. The summed E-state index contributed by atoms with van der Waals surface area (Å²) in [6.45, 7) is 2.03. The van der Waals surface area contributed by atoms with Crippen LogP contribution in [0.3, 0.4) is 0 Å². The van der Waals surface area contributed by atoms with Crippen molar-refractivity contribution in [2.75, 3.05) is 32.8 Å². The van der Waals surface area contributed by atoms with Gasteiger partial charge in [0.1, 0.15) is 28.9 Å². The van der Waals surface area contributed by atoms with Gasteiger partial charge in [0, 0.05) is 12.1 Å². The maximum absolute atomic E-state index is 15.0. The van der Waals surface area contributed by atoms with Crippen molar-refractivity contribution in [2.24, 2.45) is 0 Å². The van der Waals surface area contributed by atoms with Crippen LogP contribution >= 0.6 is 11.6 Å². The fourth-order valence-corrected chi connectivity index (χ4v) is 4.64. The lowest BCUT2D eigenvalue weighted by Gasteiger charge is -2.26. The van der Waals surface area contributed by atoms with E-state index in [-0.39, 0.29) is 51.3 Å². The van der Waals surface area contributed by atoms with Crippen LogP contribution in [0.2, 0.25) is 5.02 Å². The Bertz CT molecular complexity index is 1490. The molecule has 0 bridgehead atoms. The molecule has 11 heteroatoms. The van der Waals surface area contributed by atoms with Gasteiger partial charge in [0.05, 0.1) is 55.8 Å². The predicted octanol–water partition coefficient (Wildman–Crippen LogP) is 5.67. The molecule has 0 aromatic heterocycles. The SMILES string of the molecule is CCOc1cc(C2/C(=C(\O)c3cc(Cl)c(OC)cc3OC)C(=O)C(=O)N2c2ccc(F)cc2F)ccc1OC. The van der Waals surface area contributed by atoms with Gasteiger partial charge in [-0.05, 0) is 42.8 Å². The number of aliphatic hydroxyl groups is 1. The van der Waals surface area contributed by atoms with Crippen molar-refractivity contribution in [1.29, 1.82) is 0 Å². The Kier molecular flexibility index (Phi) is 7.96. The Hall–Kier alpha value is -4.31. The van der Waals surface area contributed by atoms with Gasteiger partial charge in [-0.3, -0.25) is 14.5 Å². The van der Waals surface area contributed by atoms with Crippen LogP contribution in [0.4, 0.5) is 14.5 Å². The summed E-state index contributed by atoms with van der Waals surface area (Å²) in [6.07, 6.45) is 0. The molecule has 0 saturated carbocycles.